The fourth-order valence-electron chi connectivity index (χ4n) is 4.30. The van der Waals surface area contributed by atoms with Crippen molar-refractivity contribution in [3.8, 4) is 0 Å². The first-order valence-electron chi connectivity index (χ1n) is 9.86. The zero-order chi connectivity index (χ0) is 20.0. The Morgan fingerprint density at radius 1 is 1.07 bits per heavy atom. The Bertz CT molecular complexity index is 1070. The second-order valence-corrected chi connectivity index (χ2v) is 7.56. The molecule has 2 aliphatic heterocycles. The summed E-state index contributed by atoms with van der Waals surface area (Å²) in [5.74, 6) is 0.756. The summed E-state index contributed by atoms with van der Waals surface area (Å²) in [6, 6.07) is 11.0. The van der Waals surface area contributed by atoms with Crippen LogP contribution in [0, 0.1) is 6.92 Å². The fraction of sp³-hybridized carbons (Fsp3) is 0.333. The smallest absolute Gasteiger partial charge is 0.332 e. The van der Waals surface area contributed by atoms with E-state index in [0.29, 0.717) is 5.69 Å². The van der Waals surface area contributed by atoms with E-state index in [1.54, 1.807) is 23.2 Å². The first-order valence-corrected chi connectivity index (χ1v) is 9.86. The molecule has 0 spiro atoms. The molecule has 2 aliphatic rings. The third-order valence-corrected chi connectivity index (χ3v) is 5.70. The van der Waals surface area contributed by atoms with Crippen LogP contribution >= 0.6 is 0 Å². The van der Waals surface area contributed by atoms with Crippen LogP contribution in [0.1, 0.15) is 18.5 Å². The number of rotatable bonds is 3. The molecule has 0 saturated carbocycles. The van der Waals surface area contributed by atoms with Gasteiger partial charge in [-0.2, -0.15) is 5.10 Å². The van der Waals surface area contributed by atoms with Crippen LogP contribution in [-0.4, -0.2) is 57.1 Å². The fourth-order valence-corrected chi connectivity index (χ4v) is 4.30. The summed E-state index contributed by atoms with van der Waals surface area (Å²) in [7, 11) is 0. The van der Waals surface area contributed by atoms with Gasteiger partial charge in [0, 0.05) is 31.5 Å². The average Bonchev–Trinajstić information content (AvgIpc) is 3.26. The van der Waals surface area contributed by atoms with Gasteiger partial charge < -0.3 is 9.80 Å². The van der Waals surface area contributed by atoms with Crippen LogP contribution in [0.25, 0.3) is 5.52 Å². The Balaban J connectivity index is 1.31. The number of fused-ring (bicyclic) bond motifs is 1. The minimum Gasteiger partial charge on any atom is -0.355 e. The van der Waals surface area contributed by atoms with Crippen LogP contribution < -0.4 is 9.80 Å². The molecule has 0 N–H and O–H groups in total. The predicted molar refractivity (Wildman–Crippen MR) is 109 cm³/mol. The molecule has 2 saturated heterocycles. The van der Waals surface area contributed by atoms with Crippen LogP contribution in [0.2, 0.25) is 0 Å². The molecule has 1 aromatic carbocycles. The molecule has 3 aromatic rings. The predicted octanol–water partition coefficient (Wildman–Crippen LogP) is 2.48. The van der Waals surface area contributed by atoms with Gasteiger partial charge in [-0.15, -0.1) is 0 Å². The summed E-state index contributed by atoms with van der Waals surface area (Å²) >= 11 is 0. The standard InChI is InChI=1S/C21H22N6O2/c1-15-13-18-20(22-9-12-26(18)23-15)24-10-7-16(8-11-24)25-14-19(28)27(21(25)29)17-5-3-2-4-6-17/h2-6,9,12-13,16H,7-8,10-11,14H2,1H3. The molecular formula is C21H22N6O2. The largest absolute Gasteiger partial charge is 0.355 e. The molecule has 8 nitrogen and oxygen atoms in total. The van der Waals surface area contributed by atoms with Crippen molar-refractivity contribution < 1.29 is 9.59 Å². The molecule has 148 valence electrons. The van der Waals surface area contributed by atoms with Gasteiger partial charge >= 0.3 is 6.03 Å². The number of hydrogen-bond acceptors (Lipinski definition) is 5. The SMILES string of the molecule is Cc1cc2c(N3CCC(N4CC(=O)N(c5ccccc5)C4=O)CC3)nccn2n1. The Labute approximate surface area is 168 Å². The van der Waals surface area contributed by atoms with E-state index in [1.165, 1.54) is 4.90 Å². The second-order valence-electron chi connectivity index (χ2n) is 7.56. The molecule has 0 atom stereocenters. The first-order chi connectivity index (χ1) is 14.1. The van der Waals surface area contributed by atoms with E-state index < -0.39 is 0 Å². The lowest BCUT2D eigenvalue weighted by molar-refractivity contribution is -0.116. The van der Waals surface area contributed by atoms with Gasteiger partial charge in [0.15, 0.2) is 5.82 Å². The van der Waals surface area contributed by atoms with Crippen molar-refractivity contribution in [2.24, 2.45) is 0 Å². The number of carbonyl (C=O) groups is 2. The number of piperidine rings is 1. The number of anilines is 2. The van der Waals surface area contributed by atoms with Crippen molar-refractivity contribution in [1.29, 1.82) is 0 Å². The molecule has 5 rings (SSSR count). The van der Waals surface area contributed by atoms with Gasteiger partial charge in [0.25, 0.3) is 5.91 Å². The number of nitrogens with zero attached hydrogens (tertiary/aromatic N) is 6. The number of para-hydroxylation sites is 1. The van der Waals surface area contributed by atoms with Crippen LogP contribution in [0.4, 0.5) is 16.3 Å². The summed E-state index contributed by atoms with van der Waals surface area (Å²) in [4.78, 5) is 35.3. The number of aryl methyl sites for hydroxylation is 1. The number of amides is 3. The van der Waals surface area contributed by atoms with Crippen LogP contribution in [-0.2, 0) is 4.79 Å². The van der Waals surface area contributed by atoms with E-state index in [0.717, 1.165) is 43.0 Å². The molecule has 29 heavy (non-hydrogen) atoms. The highest BCUT2D eigenvalue weighted by atomic mass is 16.2. The van der Waals surface area contributed by atoms with Crippen molar-refractivity contribution >= 4 is 29.0 Å². The average molecular weight is 390 g/mol. The number of urea groups is 1. The van der Waals surface area contributed by atoms with Crippen molar-refractivity contribution in [2.75, 3.05) is 29.4 Å². The number of imide groups is 1. The van der Waals surface area contributed by atoms with Gasteiger partial charge in [-0.25, -0.2) is 19.2 Å². The Hall–Kier alpha value is -3.42. The van der Waals surface area contributed by atoms with Crippen molar-refractivity contribution in [2.45, 2.75) is 25.8 Å². The summed E-state index contributed by atoms with van der Waals surface area (Å²) in [6.45, 7) is 3.68. The first kappa shape index (κ1) is 17.7. The molecule has 4 heterocycles. The van der Waals surface area contributed by atoms with Crippen LogP contribution in [0.3, 0.4) is 0 Å². The maximum atomic E-state index is 12.9. The minimum atomic E-state index is -0.216. The molecule has 0 radical (unpaired) electrons. The number of benzene rings is 1. The van der Waals surface area contributed by atoms with E-state index in [1.807, 2.05) is 41.9 Å². The minimum absolute atomic E-state index is 0.0581. The third-order valence-electron chi connectivity index (χ3n) is 5.70. The van der Waals surface area contributed by atoms with E-state index in [4.69, 9.17) is 0 Å². The van der Waals surface area contributed by atoms with E-state index in [2.05, 4.69) is 15.0 Å². The molecular weight excluding hydrogens is 368 g/mol. The van der Waals surface area contributed by atoms with Gasteiger partial charge in [-0.1, -0.05) is 18.2 Å². The Morgan fingerprint density at radius 2 is 1.83 bits per heavy atom. The van der Waals surface area contributed by atoms with Gasteiger partial charge in [0.05, 0.1) is 11.4 Å². The van der Waals surface area contributed by atoms with Crippen LogP contribution in [0.5, 0.6) is 0 Å². The second kappa shape index (κ2) is 6.88. The molecule has 0 aliphatic carbocycles. The lowest BCUT2D eigenvalue weighted by atomic mass is 10.0. The number of hydrogen-bond donors (Lipinski definition) is 0. The Morgan fingerprint density at radius 3 is 2.59 bits per heavy atom. The Kier molecular flexibility index (Phi) is 4.19. The van der Waals surface area contributed by atoms with Crippen molar-refractivity contribution in [3.63, 3.8) is 0 Å². The molecule has 0 unspecified atom stereocenters. The number of carbonyl (C=O) groups excluding carboxylic acids is 2. The molecule has 0 bridgehead atoms. The van der Waals surface area contributed by atoms with Gasteiger partial charge in [0.2, 0.25) is 0 Å². The van der Waals surface area contributed by atoms with Crippen molar-refractivity contribution in [1.82, 2.24) is 19.5 Å². The van der Waals surface area contributed by atoms with E-state index >= 15 is 0 Å². The zero-order valence-electron chi connectivity index (χ0n) is 16.2. The third kappa shape index (κ3) is 3.00. The van der Waals surface area contributed by atoms with Gasteiger partial charge in [0.1, 0.15) is 12.1 Å². The van der Waals surface area contributed by atoms with Gasteiger partial charge in [-0.3, -0.25) is 4.79 Å². The maximum absolute atomic E-state index is 12.9. The van der Waals surface area contributed by atoms with E-state index in [9.17, 15) is 9.59 Å². The monoisotopic (exact) mass is 390 g/mol. The quantitative estimate of drug-likeness (QED) is 0.643. The number of aromatic nitrogens is 3. The topological polar surface area (TPSA) is 74.0 Å². The normalized spacial score (nSPS) is 18.3. The molecule has 2 aromatic heterocycles. The highest BCUT2D eigenvalue weighted by molar-refractivity contribution is 6.19. The van der Waals surface area contributed by atoms with Crippen molar-refractivity contribution in [3.05, 3.63) is 54.5 Å². The lowest BCUT2D eigenvalue weighted by Gasteiger charge is -2.36. The van der Waals surface area contributed by atoms with E-state index in [-0.39, 0.29) is 24.5 Å². The maximum Gasteiger partial charge on any atom is 0.332 e. The highest BCUT2D eigenvalue weighted by Crippen LogP contribution is 2.29. The summed E-state index contributed by atoms with van der Waals surface area (Å²) in [6.07, 6.45) is 5.22. The van der Waals surface area contributed by atoms with Gasteiger partial charge in [-0.05, 0) is 38.0 Å². The van der Waals surface area contributed by atoms with Crippen LogP contribution in [0.15, 0.2) is 48.8 Å². The summed E-state index contributed by atoms with van der Waals surface area (Å²) in [5, 5.41) is 4.46. The molecule has 2 fully saturated rings. The molecule has 3 amide bonds. The highest BCUT2D eigenvalue weighted by Gasteiger charge is 2.41. The summed E-state index contributed by atoms with van der Waals surface area (Å²) in [5.41, 5.74) is 2.58. The lowest BCUT2D eigenvalue weighted by Crippen LogP contribution is -2.47. The zero-order valence-corrected chi connectivity index (χ0v) is 16.2. The molecule has 8 heteroatoms. The summed E-state index contributed by atoms with van der Waals surface area (Å²) < 4.78 is 1.85.